The quantitative estimate of drug-likeness (QED) is 0.294. The highest BCUT2D eigenvalue weighted by molar-refractivity contribution is 6.11. The van der Waals surface area contributed by atoms with E-state index in [1.807, 2.05) is 32.0 Å². The third-order valence-electron chi connectivity index (χ3n) is 4.16. The molecule has 2 aromatic carbocycles. The number of benzene rings is 2. The number of oxime groups is 1. The lowest BCUT2D eigenvalue weighted by Gasteiger charge is -2.08. The van der Waals surface area contributed by atoms with E-state index in [1.54, 1.807) is 0 Å². The first kappa shape index (κ1) is 17.2. The van der Waals surface area contributed by atoms with Gasteiger partial charge in [-0.15, -0.1) is 0 Å². The van der Waals surface area contributed by atoms with Crippen LogP contribution in [0.5, 0.6) is 0 Å². The Labute approximate surface area is 146 Å². The lowest BCUT2D eigenvalue weighted by Crippen LogP contribution is -2.05. The Morgan fingerprint density at radius 3 is 2.60 bits per heavy atom. The summed E-state index contributed by atoms with van der Waals surface area (Å²) in [6.45, 7) is 7.37. The van der Waals surface area contributed by atoms with E-state index in [4.69, 9.17) is 9.57 Å². The predicted octanol–water partition coefficient (Wildman–Crippen LogP) is 4.12. The molecule has 0 aliphatic heterocycles. The van der Waals surface area contributed by atoms with E-state index in [-0.39, 0.29) is 0 Å². The molecule has 0 spiro atoms. The number of hydrogen-bond donors (Lipinski definition) is 0. The van der Waals surface area contributed by atoms with Gasteiger partial charge in [0.1, 0.15) is 0 Å². The van der Waals surface area contributed by atoms with Gasteiger partial charge in [-0.3, -0.25) is 0 Å². The van der Waals surface area contributed by atoms with Crippen LogP contribution in [0, 0.1) is 0 Å². The number of aromatic nitrogens is 1. The average Bonchev–Trinajstić information content (AvgIpc) is 2.93. The zero-order chi connectivity index (χ0) is 17.8. The molecule has 5 nitrogen and oxygen atoms in total. The van der Waals surface area contributed by atoms with E-state index < -0.39 is 5.97 Å². The van der Waals surface area contributed by atoms with Gasteiger partial charge < -0.3 is 14.1 Å². The summed E-state index contributed by atoms with van der Waals surface area (Å²) < 4.78 is 7.81. The smallest absolute Gasteiger partial charge is 0.331 e. The maximum atomic E-state index is 11.0. The third kappa shape index (κ3) is 3.56. The second-order valence-corrected chi connectivity index (χ2v) is 5.86. The van der Waals surface area contributed by atoms with Crippen molar-refractivity contribution >= 4 is 33.5 Å². The predicted molar refractivity (Wildman–Crippen MR) is 99.9 cm³/mol. The zero-order valence-corrected chi connectivity index (χ0v) is 14.8. The van der Waals surface area contributed by atoms with Crippen LogP contribution in [-0.2, 0) is 20.9 Å². The Morgan fingerprint density at radius 2 is 1.84 bits per heavy atom. The van der Waals surface area contributed by atoms with E-state index >= 15 is 0 Å². The summed E-state index contributed by atoms with van der Waals surface area (Å²) in [6.07, 6.45) is 0. The van der Waals surface area contributed by atoms with Crippen molar-refractivity contribution in [3.63, 3.8) is 0 Å². The molecule has 1 heterocycles. The number of hydrogen-bond acceptors (Lipinski definition) is 4. The second kappa shape index (κ2) is 7.49. The van der Waals surface area contributed by atoms with Crippen molar-refractivity contribution in [2.45, 2.75) is 27.3 Å². The lowest BCUT2D eigenvalue weighted by atomic mass is 10.1. The zero-order valence-electron chi connectivity index (χ0n) is 14.8. The van der Waals surface area contributed by atoms with Crippen molar-refractivity contribution in [2.24, 2.45) is 5.16 Å². The summed E-state index contributed by atoms with van der Waals surface area (Å²) >= 11 is 0. The second-order valence-electron chi connectivity index (χ2n) is 5.86. The van der Waals surface area contributed by atoms with E-state index in [1.165, 1.54) is 17.8 Å². The van der Waals surface area contributed by atoms with Crippen molar-refractivity contribution in [1.82, 2.24) is 4.57 Å². The first-order chi connectivity index (χ1) is 12.1. The van der Waals surface area contributed by atoms with Crippen molar-refractivity contribution in [2.75, 3.05) is 13.2 Å². The minimum Gasteiger partial charge on any atom is -0.380 e. The van der Waals surface area contributed by atoms with Gasteiger partial charge in [-0.1, -0.05) is 29.4 Å². The van der Waals surface area contributed by atoms with Gasteiger partial charge in [0.05, 0.1) is 12.3 Å². The SMILES string of the molecule is CCOCCn1c2ccccc2c2cc(/C(C)=N/OC(C)=O)ccc21. The normalized spacial score (nSPS) is 12.0. The molecule has 3 rings (SSSR count). The van der Waals surface area contributed by atoms with Gasteiger partial charge in [0.2, 0.25) is 0 Å². The van der Waals surface area contributed by atoms with Crippen LogP contribution in [0.15, 0.2) is 47.6 Å². The van der Waals surface area contributed by atoms with Crippen LogP contribution in [0.4, 0.5) is 0 Å². The molecule has 0 aliphatic carbocycles. The molecule has 5 heteroatoms. The number of carbonyl (C=O) groups is 1. The van der Waals surface area contributed by atoms with E-state index in [9.17, 15) is 4.79 Å². The maximum Gasteiger partial charge on any atom is 0.331 e. The largest absolute Gasteiger partial charge is 0.380 e. The molecular weight excluding hydrogens is 316 g/mol. The first-order valence-electron chi connectivity index (χ1n) is 8.43. The van der Waals surface area contributed by atoms with Crippen molar-refractivity contribution in [1.29, 1.82) is 0 Å². The Hall–Kier alpha value is -2.66. The molecule has 0 amide bonds. The van der Waals surface area contributed by atoms with Crippen LogP contribution in [0.3, 0.4) is 0 Å². The molecule has 1 aromatic heterocycles. The first-order valence-corrected chi connectivity index (χ1v) is 8.43. The molecule has 0 unspecified atom stereocenters. The van der Waals surface area contributed by atoms with E-state index in [0.29, 0.717) is 18.9 Å². The number of ether oxygens (including phenoxy) is 1. The molecule has 0 fully saturated rings. The highest BCUT2D eigenvalue weighted by atomic mass is 16.7. The number of nitrogens with zero attached hydrogens (tertiary/aromatic N) is 2. The summed E-state index contributed by atoms with van der Waals surface area (Å²) in [7, 11) is 0. The molecule has 0 saturated heterocycles. The molecule has 0 radical (unpaired) electrons. The monoisotopic (exact) mass is 338 g/mol. The fraction of sp³-hybridized carbons (Fsp3) is 0.300. The van der Waals surface area contributed by atoms with Gasteiger partial charge in [-0.25, -0.2) is 4.79 Å². The average molecular weight is 338 g/mol. The molecule has 0 aliphatic rings. The molecular formula is C20H22N2O3. The number of fused-ring (bicyclic) bond motifs is 3. The fourth-order valence-electron chi connectivity index (χ4n) is 3.01. The fourth-order valence-corrected chi connectivity index (χ4v) is 3.01. The highest BCUT2D eigenvalue weighted by Crippen LogP contribution is 2.30. The van der Waals surface area contributed by atoms with Crippen LogP contribution in [0.25, 0.3) is 21.8 Å². The number of rotatable bonds is 6. The Kier molecular flexibility index (Phi) is 5.14. The highest BCUT2D eigenvalue weighted by Gasteiger charge is 2.11. The van der Waals surface area contributed by atoms with Gasteiger partial charge in [0, 0.05) is 41.9 Å². The van der Waals surface area contributed by atoms with Crippen molar-refractivity contribution in [3.05, 3.63) is 48.0 Å². The molecule has 3 aromatic rings. The number of carbonyl (C=O) groups excluding carboxylic acids is 1. The van der Waals surface area contributed by atoms with Gasteiger partial charge in [0.25, 0.3) is 0 Å². The Morgan fingerprint density at radius 1 is 1.08 bits per heavy atom. The molecule has 0 N–H and O–H groups in total. The molecule has 130 valence electrons. The third-order valence-corrected chi connectivity index (χ3v) is 4.16. The van der Waals surface area contributed by atoms with Crippen molar-refractivity contribution in [3.8, 4) is 0 Å². The van der Waals surface area contributed by atoms with Crippen LogP contribution in [0.2, 0.25) is 0 Å². The topological polar surface area (TPSA) is 52.8 Å². The summed E-state index contributed by atoms with van der Waals surface area (Å²) in [5.74, 6) is -0.423. The molecule has 0 atom stereocenters. The minimum absolute atomic E-state index is 0.423. The Bertz CT molecular complexity index is 941. The van der Waals surface area contributed by atoms with Gasteiger partial charge in [-0.05, 0) is 37.6 Å². The minimum atomic E-state index is -0.423. The van der Waals surface area contributed by atoms with Crippen molar-refractivity contribution < 1.29 is 14.4 Å². The summed E-state index contributed by atoms with van der Waals surface area (Å²) in [4.78, 5) is 15.7. The lowest BCUT2D eigenvalue weighted by molar-refractivity contribution is -0.140. The van der Waals surface area contributed by atoms with Crippen LogP contribution in [0.1, 0.15) is 26.3 Å². The van der Waals surface area contributed by atoms with E-state index in [0.717, 1.165) is 23.0 Å². The van der Waals surface area contributed by atoms with Gasteiger partial charge >= 0.3 is 5.97 Å². The molecule has 0 bridgehead atoms. The maximum absolute atomic E-state index is 11.0. The summed E-state index contributed by atoms with van der Waals surface area (Å²) in [6, 6.07) is 14.5. The van der Waals surface area contributed by atoms with E-state index in [2.05, 4.69) is 34.0 Å². The molecule has 0 saturated carbocycles. The summed E-state index contributed by atoms with van der Waals surface area (Å²) in [5, 5.41) is 6.23. The van der Waals surface area contributed by atoms with Crippen LogP contribution >= 0.6 is 0 Å². The Balaban J connectivity index is 2.09. The van der Waals surface area contributed by atoms with Gasteiger partial charge in [0.15, 0.2) is 0 Å². The van der Waals surface area contributed by atoms with Gasteiger partial charge in [-0.2, -0.15) is 0 Å². The summed E-state index contributed by atoms with van der Waals surface area (Å²) in [5.41, 5.74) is 3.94. The van der Waals surface area contributed by atoms with Crippen LogP contribution in [-0.4, -0.2) is 29.5 Å². The van der Waals surface area contributed by atoms with Crippen LogP contribution < -0.4 is 0 Å². The standard InChI is InChI=1S/C20H22N2O3/c1-4-24-12-11-22-19-8-6-5-7-17(19)18-13-16(9-10-20(18)22)14(2)21-25-15(3)23/h5-10,13H,4,11-12H2,1-3H3/b21-14+. The number of para-hydroxylation sites is 1. The molecule has 25 heavy (non-hydrogen) atoms.